The number of nitrogens with one attached hydrogen (secondary N) is 4. The molecule has 0 aromatic heterocycles. The van der Waals surface area contributed by atoms with Crippen molar-refractivity contribution in [1.29, 1.82) is 0 Å². The minimum Gasteiger partial charge on any atom is -0.368 e. The topological polar surface area (TPSA) is 168 Å². The summed E-state index contributed by atoms with van der Waals surface area (Å²) < 4.78 is 13.5. The number of primary amides is 1. The summed E-state index contributed by atoms with van der Waals surface area (Å²) in [6.07, 6.45) is 0.979. The van der Waals surface area contributed by atoms with Gasteiger partial charge < -0.3 is 22.1 Å². The van der Waals surface area contributed by atoms with Crippen molar-refractivity contribution in [2.75, 3.05) is 0 Å². The van der Waals surface area contributed by atoms with E-state index in [9.17, 15) is 23.6 Å². The normalized spacial score (nSPS) is 13.1. The van der Waals surface area contributed by atoms with E-state index in [4.69, 9.17) is 11.5 Å². The highest BCUT2D eigenvalue weighted by Crippen LogP contribution is 2.09. The zero-order valence-electron chi connectivity index (χ0n) is 19.4. The lowest BCUT2D eigenvalue weighted by Crippen LogP contribution is -2.58. The predicted molar refractivity (Wildman–Crippen MR) is 128 cm³/mol. The molecule has 0 aliphatic heterocycles. The third-order valence-electron chi connectivity index (χ3n) is 5.25. The molecule has 0 bridgehead atoms. The molecule has 35 heavy (non-hydrogen) atoms. The fraction of sp³-hybridized carbons (Fsp3) is 0.333. The lowest BCUT2D eigenvalue weighted by molar-refractivity contribution is -0.128. The number of hydrazine groups is 1. The van der Waals surface area contributed by atoms with E-state index >= 15 is 0 Å². The molecule has 0 radical (unpaired) electrons. The lowest BCUT2D eigenvalue weighted by atomic mass is 10.0. The average molecular weight is 487 g/mol. The molecule has 2 aromatic rings. The number of carbonyl (C=O) groups is 4. The van der Waals surface area contributed by atoms with Gasteiger partial charge in [0.05, 0.1) is 6.04 Å². The van der Waals surface area contributed by atoms with E-state index in [1.807, 2.05) is 30.3 Å². The fourth-order valence-electron chi connectivity index (χ4n) is 3.21. The van der Waals surface area contributed by atoms with Crippen molar-refractivity contribution >= 4 is 23.8 Å². The number of nitrogens with two attached hydrogens (primary N) is 2. The molecule has 0 aliphatic rings. The molecule has 3 atom stereocenters. The Bertz CT molecular complexity index is 1020. The van der Waals surface area contributed by atoms with Crippen LogP contribution in [0, 0.1) is 5.82 Å². The van der Waals surface area contributed by atoms with Crippen molar-refractivity contribution in [3.05, 3.63) is 71.5 Å². The van der Waals surface area contributed by atoms with Crippen LogP contribution in [0.25, 0.3) is 0 Å². The Morgan fingerprint density at radius 2 is 1.57 bits per heavy atom. The smallest absolute Gasteiger partial charge is 0.334 e. The number of aryl methyl sites for hydroxylation is 1. The van der Waals surface area contributed by atoms with Gasteiger partial charge in [0, 0.05) is 6.42 Å². The maximum absolute atomic E-state index is 13.5. The number of rotatable bonds is 11. The number of benzene rings is 2. The Hall–Kier alpha value is -3.99. The van der Waals surface area contributed by atoms with Gasteiger partial charge in [-0.2, -0.15) is 0 Å². The van der Waals surface area contributed by atoms with Crippen LogP contribution < -0.4 is 33.0 Å². The highest BCUT2D eigenvalue weighted by Gasteiger charge is 2.26. The van der Waals surface area contributed by atoms with E-state index in [0.29, 0.717) is 18.4 Å². The van der Waals surface area contributed by atoms with E-state index in [1.165, 1.54) is 18.2 Å². The van der Waals surface area contributed by atoms with Gasteiger partial charge >= 0.3 is 6.03 Å². The van der Waals surface area contributed by atoms with Crippen molar-refractivity contribution in [3.8, 4) is 0 Å². The Balaban J connectivity index is 2.08. The second kappa shape index (κ2) is 13.7. The summed E-state index contributed by atoms with van der Waals surface area (Å²) in [6, 6.07) is 11.0. The van der Waals surface area contributed by atoms with E-state index in [2.05, 4.69) is 21.5 Å². The molecule has 0 saturated heterocycles. The first-order chi connectivity index (χ1) is 16.7. The number of urea groups is 1. The van der Waals surface area contributed by atoms with Gasteiger partial charge in [0.15, 0.2) is 0 Å². The second-order valence-corrected chi connectivity index (χ2v) is 7.98. The van der Waals surface area contributed by atoms with Gasteiger partial charge in [0.1, 0.15) is 17.9 Å². The summed E-state index contributed by atoms with van der Waals surface area (Å²) in [5.41, 5.74) is 16.8. The first-order valence-corrected chi connectivity index (χ1v) is 11.2. The van der Waals surface area contributed by atoms with Crippen LogP contribution in [0.1, 0.15) is 30.9 Å². The lowest BCUT2D eigenvalue weighted by Gasteiger charge is -2.22. The summed E-state index contributed by atoms with van der Waals surface area (Å²) >= 11 is 0. The predicted octanol–water partition coefficient (Wildman–Crippen LogP) is 0.407. The van der Waals surface area contributed by atoms with Crippen molar-refractivity contribution in [2.45, 2.75) is 50.7 Å². The number of hydrogen-bond donors (Lipinski definition) is 6. The fourth-order valence-corrected chi connectivity index (χ4v) is 3.21. The molecular formula is C24H31FN6O4. The third-order valence-corrected chi connectivity index (χ3v) is 5.25. The molecule has 11 heteroatoms. The quantitative estimate of drug-likeness (QED) is 0.252. The van der Waals surface area contributed by atoms with Gasteiger partial charge in [-0.1, -0.05) is 49.4 Å². The van der Waals surface area contributed by atoms with E-state index in [1.54, 1.807) is 13.0 Å². The van der Waals surface area contributed by atoms with E-state index < -0.39 is 47.7 Å². The number of amides is 5. The number of halogens is 1. The third kappa shape index (κ3) is 9.41. The molecule has 0 unspecified atom stereocenters. The van der Waals surface area contributed by atoms with Crippen molar-refractivity contribution in [1.82, 2.24) is 21.5 Å². The Morgan fingerprint density at radius 3 is 2.20 bits per heavy atom. The molecule has 188 valence electrons. The zero-order chi connectivity index (χ0) is 25.8. The van der Waals surface area contributed by atoms with Crippen LogP contribution >= 0.6 is 0 Å². The number of carbonyl (C=O) groups excluding carboxylic acids is 4. The average Bonchev–Trinajstić information content (AvgIpc) is 2.84. The van der Waals surface area contributed by atoms with Crippen LogP contribution in [-0.2, 0) is 27.2 Å². The summed E-state index contributed by atoms with van der Waals surface area (Å²) in [7, 11) is 0. The van der Waals surface area contributed by atoms with Crippen molar-refractivity contribution < 1.29 is 23.6 Å². The molecule has 0 spiro atoms. The Kier molecular flexibility index (Phi) is 10.6. The Morgan fingerprint density at radius 1 is 0.886 bits per heavy atom. The molecule has 0 fully saturated rings. The molecular weight excluding hydrogens is 455 g/mol. The monoisotopic (exact) mass is 486 g/mol. The SMILES string of the molecule is CC[C@@H](N)C(=O)NNC(=O)N[C@@H](CCc1ccccc1)C(=O)N[C@@H](Cc1cccc(F)c1)C(N)=O. The van der Waals surface area contributed by atoms with E-state index in [0.717, 1.165) is 5.56 Å². The molecule has 10 nitrogen and oxygen atoms in total. The van der Waals surface area contributed by atoms with Gasteiger partial charge in [-0.3, -0.25) is 19.8 Å². The first kappa shape index (κ1) is 27.3. The largest absolute Gasteiger partial charge is 0.368 e. The van der Waals surface area contributed by atoms with Crippen LogP contribution in [0.2, 0.25) is 0 Å². The van der Waals surface area contributed by atoms with Gasteiger partial charge in [0.25, 0.3) is 5.91 Å². The van der Waals surface area contributed by atoms with Crippen LogP contribution in [0.3, 0.4) is 0 Å². The van der Waals surface area contributed by atoms with Gasteiger partial charge in [-0.25, -0.2) is 14.6 Å². The molecule has 8 N–H and O–H groups in total. The van der Waals surface area contributed by atoms with Crippen LogP contribution in [0.4, 0.5) is 9.18 Å². The summed E-state index contributed by atoms with van der Waals surface area (Å²) in [5, 5.41) is 5.02. The van der Waals surface area contributed by atoms with Crippen molar-refractivity contribution in [2.24, 2.45) is 11.5 Å². The summed E-state index contributed by atoms with van der Waals surface area (Å²) in [5.74, 6) is -2.54. The molecule has 0 heterocycles. The van der Waals surface area contributed by atoms with Gasteiger partial charge in [-0.05, 0) is 42.5 Å². The highest BCUT2D eigenvalue weighted by atomic mass is 19.1. The van der Waals surface area contributed by atoms with Gasteiger partial charge in [0.2, 0.25) is 11.8 Å². The molecule has 2 aromatic carbocycles. The zero-order valence-corrected chi connectivity index (χ0v) is 19.4. The molecule has 0 aliphatic carbocycles. The van der Waals surface area contributed by atoms with Crippen LogP contribution in [-0.4, -0.2) is 41.9 Å². The highest BCUT2D eigenvalue weighted by molar-refractivity contribution is 5.92. The van der Waals surface area contributed by atoms with Crippen LogP contribution in [0.5, 0.6) is 0 Å². The first-order valence-electron chi connectivity index (χ1n) is 11.2. The minimum absolute atomic E-state index is 0.0264. The minimum atomic E-state index is -1.13. The maximum atomic E-state index is 13.5. The molecule has 0 saturated carbocycles. The van der Waals surface area contributed by atoms with Gasteiger partial charge in [-0.15, -0.1) is 0 Å². The number of hydrogen-bond acceptors (Lipinski definition) is 5. The second-order valence-electron chi connectivity index (χ2n) is 7.98. The standard InChI is InChI=1S/C24H31FN6O4/c1-2-18(26)22(33)30-31-24(35)29-19(12-11-15-7-4-3-5-8-15)23(34)28-20(21(27)32)14-16-9-6-10-17(25)13-16/h3-10,13,18-20H,2,11-12,14,26H2,1H3,(H2,27,32)(H,28,34)(H,30,33)(H2,29,31,35)/t18-,19+,20+/m1/s1. The van der Waals surface area contributed by atoms with Crippen molar-refractivity contribution in [3.63, 3.8) is 0 Å². The Labute approximate surface area is 203 Å². The molecule has 5 amide bonds. The van der Waals surface area contributed by atoms with E-state index in [-0.39, 0.29) is 12.8 Å². The summed E-state index contributed by atoms with van der Waals surface area (Å²) in [4.78, 5) is 49.1. The summed E-state index contributed by atoms with van der Waals surface area (Å²) in [6.45, 7) is 1.72. The molecule has 2 rings (SSSR count). The maximum Gasteiger partial charge on any atom is 0.334 e. The van der Waals surface area contributed by atoms with Crippen LogP contribution in [0.15, 0.2) is 54.6 Å².